The molecular formula is C25H33N5O3. The summed E-state index contributed by atoms with van der Waals surface area (Å²) < 4.78 is 1.34. The van der Waals surface area contributed by atoms with Gasteiger partial charge in [0.25, 0.3) is 5.56 Å². The summed E-state index contributed by atoms with van der Waals surface area (Å²) in [5.41, 5.74) is 8.63. The smallest absolute Gasteiger partial charge is 0.330 e. The number of nitrogens with one attached hydrogen (secondary N) is 1. The molecule has 0 aliphatic carbocycles. The fourth-order valence-corrected chi connectivity index (χ4v) is 4.14. The zero-order valence-corrected chi connectivity index (χ0v) is 20.1. The molecule has 0 radical (unpaired) electrons. The van der Waals surface area contributed by atoms with Crippen LogP contribution in [0.2, 0.25) is 0 Å². The van der Waals surface area contributed by atoms with Gasteiger partial charge in [0.2, 0.25) is 5.91 Å². The van der Waals surface area contributed by atoms with Crippen LogP contribution in [0.15, 0.2) is 33.9 Å². The number of nitrogens with zero attached hydrogens (tertiary/aromatic N) is 3. The molecule has 1 aromatic carbocycles. The molecule has 0 aliphatic heterocycles. The van der Waals surface area contributed by atoms with Crippen LogP contribution in [0, 0.1) is 19.8 Å². The van der Waals surface area contributed by atoms with E-state index in [0.29, 0.717) is 19.5 Å². The number of unbranched alkanes of at least 4 members (excludes halogenated alkanes) is 1. The zero-order chi connectivity index (χ0) is 24.3. The topological polar surface area (TPSA) is 114 Å². The minimum atomic E-state index is -0.646. The number of hydrogen-bond donors (Lipinski definition) is 2. The average Bonchev–Trinajstić information content (AvgIpc) is 2.76. The van der Waals surface area contributed by atoms with Crippen LogP contribution in [-0.4, -0.2) is 27.0 Å². The number of aromatic amines is 1. The van der Waals surface area contributed by atoms with Crippen LogP contribution < -0.4 is 21.9 Å². The van der Waals surface area contributed by atoms with Gasteiger partial charge < -0.3 is 10.6 Å². The molecule has 1 amide bonds. The maximum atomic E-state index is 13.6. The number of aromatic nitrogens is 3. The Morgan fingerprint density at radius 2 is 1.91 bits per heavy atom. The largest absolute Gasteiger partial charge is 0.383 e. The molecule has 3 rings (SSSR count). The van der Waals surface area contributed by atoms with E-state index in [9.17, 15) is 14.4 Å². The molecule has 3 N–H and O–H groups in total. The molecule has 2 heterocycles. The van der Waals surface area contributed by atoms with Crippen molar-refractivity contribution in [1.29, 1.82) is 0 Å². The third-order valence-corrected chi connectivity index (χ3v) is 5.88. The number of fused-ring (bicyclic) bond motifs is 1. The van der Waals surface area contributed by atoms with Crippen molar-refractivity contribution in [2.75, 3.05) is 17.2 Å². The molecule has 0 bridgehead atoms. The van der Waals surface area contributed by atoms with Crippen LogP contribution in [0.1, 0.15) is 50.4 Å². The van der Waals surface area contributed by atoms with E-state index in [4.69, 9.17) is 5.73 Å². The van der Waals surface area contributed by atoms with Gasteiger partial charge in [0.15, 0.2) is 5.69 Å². The van der Waals surface area contributed by atoms with Gasteiger partial charge in [-0.05, 0) is 43.4 Å². The van der Waals surface area contributed by atoms with E-state index in [2.05, 4.69) is 9.97 Å². The minimum Gasteiger partial charge on any atom is -0.383 e. The maximum Gasteiger partial charge on any atom is 0.330 e. The van der Waals surface area contributed by atoms with Crippen LogP contribution in [0.3, 0.4) is 0 Å². The highest BCUT2D eigenvalue weighted by Crippen LogP contribution is 2.25. The van der Waals surface area contributed by atoms with Crippen molar-refractivity contribution in [1.82, 2.24) is 14.5 Å². The Hall–Kier alpha value is -3.42. The van der Waals surface area contributed by atoms with Gasteiger partial charge in [-0.25, -0.2) is 4.79 Å². The Morgan fingerprint density at radius 3 is 2.58 bits per heavy atom. The summed E-state index contributed by atoms with van der Waals surface area (Å²) in [6.07, 6.45) is 1.62. The standard InChI is InChI=1S/C25H33N5O3/c1-6-7-12-29(22-23(26)30(14-15(2)3)25(33)28-24(22)32)21(31)13-19-16(4)18-10-8-9-11-20(18)27-17(19)5/h8-11,15H,6-7,12-14,26H2,1-5H3,(H,28,32,33). The summed E-state index contributed by atoms with van der Waals surface area (Å²) >= 11 is 0. The lowest BCUT2D eigenvalue weighted by atomic mass is 9.99. The van der Waals surface area contributed by atoms with Crippen LogP contribution in [-0.2, 0) is 17.8 Å². The van der Waals surface area contributed by atoms with Gasteiger partial charge >= 0.3 is 5.69 Å². The van der Waals surface area contributed by atoms with Gasteiger partial charge in [-0.3, -0.25) is 24.1 Å². The predicted octanol–water partition coefficient (Wildman–Crippen LogP) is 3.32. The number of carbonyl (C=O) groups is 1. The lowest BCUT2D eigenvalue weighted by molar-refractivity contribution is -0.118. The van der Waals surface area contributed by atoms with E-state index >= 15 is 0 Å². The number of pyridine rings is 1. The van der Waals surface area contributed by atoms with Gasteiger partial charge in [-0.2, -0.15) is 0 Å². The number of hydrogen-bond acceptors (Lipinski definition) is 5. The summed E-state index contributed by atoms with van der Waals surface area (Å²) in [5, 5.41) is 0.994. The summed E-state index contributed by atoms with van der Waals surface area (Å²) in [7, 11) is 0. The van der Waals surface area contributed by atoms with E-state index in [0.717, 1.165) is 34.1 Å². The number of benzene rings is 1. The van der Waals surface area contributed by atoms with Crippen molar-refractivity contribution in [3.8, 4) is 0 Å². The quantitative estimate of drug-likeness (QED) is 0.545. The number of para-hydroxylation sites is 1. The lowest BCUT2D eigenvalue weighted by Crippen LogP contribution is -2.42. The molecule has 0 aliphatic rings. The molecule has 33 heavy (non-hydrogen) atoms. The molecule has 2 aromatic heterocycles. The van der Waals surface area contributed by atoms with Crippen molar-refractivity contribution in [3.63, 3.8) is 0 Å². The molecule has 8 heteroatoms. The number of H-pyrrole nitrogens is 1. The predicted molar refractivity (Wildman–Crippen MR) is 133 cm³/mol. The number of nitrogens with two attached hydrogens (primary N) is 1. The SMILES string of the molecule is CCCCN(C(=O)Cc1c(C)nc2ccccc2c1C)c1c(N)n(CC(C)C)c(=O)[nH]c1=O. The zero-order valence-electron chi connectivity index (χ0n) is 20.1. The maximum absolute atomic E-state index is 13.6. The molecule has 0 saturated carbocycles. The Bertz CT molecular complexity index is 1290. The molecule has 176 valence electrons. The highest BCUT2D eigenvalue weighted by atomic mass is 16.2. The second-order valence-electron chi connectivity index (χ2n) is 8.89. The normalized spacial score (nSPS) is 11.3. The van der Waals surface area contributed by atoms with Crippen LogP contribution in [0.4, 0.5) is 11.5 Å². The van der Waals surface area contributed by atoms with Crippen LogP contribution in [0.25, 0.3) is 10.9 Å². The molecule has 0 atom stereocenters. The summed E-state index contributed by atoms with van der Waals surface area (Å²) in [6.45, 7) is 10.5. The fourth-order valence-electron chi connectivity index (χ4n) is 4.14. The van der Waals surface area contributed by atoms with Gasteiger partial charge in [-0.1, -0.05) is 45.4 Å². The van der Waals surface area contributed by atoms with Gasteiger partial charge in [0.05, 0.1) is 11.9 Å². The minimum absolute atomic E-state index is 0.0204. The van der Waals surface area contributed by atoms with Crippen molar-refractivity contribution < 1.29 is 4.79 Å². The third-order valence-electron chi connectivity index (χ3n) is 5.88. The highest BCUT2D eigenvalue weighted by molar-refractivity contribution is 5.97. The molecule has 0 saturated heterocycles. The number of rotatable bonds is 8. The second kappa shape index (κ2) is 10.0. The number of nitrogen functional groups attached to an aromatic ring is 1. The van der Waals surface area contributed by atoms with E-state index in [-0.39, 0.29) is 29.8 Å². The van der Waals surface area contributed by atoms with Gasteiger partial charge in [0.1, 0.15) is 5.82 Å². The van der Waals surface area contributed by atoms with E-state index < -0.39 is 11.2 Å². The fraction of sp³-hybridized carbons (Fsp3) is 0.440. The number of anilines is 2. The molecule has 0 fully saturated rings. The molecule has 0 spiro atoms. The Kier molecular flexibility index (Phi) is 7.36. The van der Waals surface area contributed by atoms with Gasteiger partial charge in [0, 0.05) is 24.2 Å². The Morgan fingerprint density at radius 1 is 1.21 bits per heavy atom. The van der Waals surface area contributed by atoms with Crippen molar-refractivity contribution >= 4 is 28.3 Å². The first kappa shape index (κ1) is 24.2. The number of aryl methyl sites for hydroxylation is 2. The summed E-state index contributed by atoms with van der Waals surface area (Å²) in [4.78, 5) is 47.2. The van der Waals surface area contributed by atoms with Crippen molar-refractivity contribution in [2.45, 2.75) is 60.4 Å². The molecular weight excluding hydrogens is 418 g/mol. The number of carbonyl (C=O) groups excluding carboxylic acids is 1. The summed E-state index contributed by atoms with van der Waals surface area (Å²) in [5.74, 6) is -0.0943. The monoisotopic (exact) mass is 451 g/mol. The first-order valence-electron chi connectivity index (χ1n) is 11.4. The third kappa shape index (κ3) is 4.99. The first-order chi connectivity index (χ1) is 15.6. The van der Waals surface area contributed by atoms with E-state index in [1.165, 1.54) is 9.47 Å². The van der Waals surface area contributed by atoms with Crippen molar-refractivity contribution in [3.05, 3.63) is 61.9 Å². The summed E-state index contributed by atoms with van der Waals surface area (Å²) in [6, 6.07) is 7.83. The molecule has 8 nitrogen and oxygen atoms in total. The first-order valence-corrected chi connectivity index (χ1v) is 11.4. The molecule has 3 aromatic rings. The Labute approximate surface area is 193 Å². The van der Waals surface area contributed by atoms with E-state index in [1.807, 2.05) is 58.9 Å². The Balaban J connectivity index is 2.08. The highest BCUT2D eigenvalue weighted by Gasteiger charge is 2.25. The van der Waals surface area contributed by atoms with Crippen molar-refractivity contribution in [2.24, 2.45) is 5.92 Å². The molecule has 0 unspecified atom stereocenters. The van der Waals surface area contributed by atoms with Crippen LogP contribution >= 0.6 is 0 Å². The number of amides is 1. The van der Waals surface area contributed by atoms with E-state index in [1.54, 1.807) is 0 Å². The lowest BCUT2D eigenvalue weighted by Gasteiger charge is -2.25. The van der Waals surface area contributed by atoms with Crippen LogP contribution in [0.5, 0.6) is 0 Å². The average molecular weight is 452 g/mol. The van der Waals surface area contributed by atoms with Gasteiger partial charge in [-0.15, -0.1) is 0 Å². The second-order valence-corrected chi connectivity index (χ2v) is 8.89.